The van der Waals surface area contributed by atoms with Gasteiger partial charge in [-0.1, -0.05) is 24.3 Å². The Hall–Kier alpha value is -3.12. The van der Waals surface area contributed by atoms with Gasteiger partial charge < -0.3 is 18.9 Å². The molecular formula is C36H42N2O6S2. The molecule has 2 aliphatic rings. The lowest BCUT2D eigenvalue weighted by Crippen LogP contribution is -2.53. The second kappa shape index (κ2) is 16.6. The summed E-state index contributed by atoms with van der Waals surface area (Å²) < 4.78 is 25.2. The molecule has 2 aromatic heterocycles. The molecule has 2 aliphatic heterocycles. The summed E-state index contributed by atoms with van der Waals surface area (Å²) in [6.45, 7) is 7.52. The summed E-state index contributed by atoms with van der Waals surface area (Å²) in [5.74, 6) is -1.01. The van der Waals surface area contributed by atoms with E-state index in [0.717, 1.165) is 38.8 Å². The topological polar surface area (TPSA) is 77.5 Å². The molecule has 0 saturated carbocycles. The number of nitrogens with zero attached hydrogens (tertiary/aromatic N) is 2. The summed E-state index contributed by atoms with van der Waals surface area (Å²) in [6, 6.07) is 17.5. The Morgan fingerprint density at radius 2 is 1.11 bits per heavy atom. The first-order chi connectivity index (χ1) is 22.6. The first-order valence-electron chi connectivity index (χ1n) is 16.2. The number of thiophene rings is 2. The Kier molecular flexibility index (Phi) is 11.9. The van der Waals surface area contributed by atoms with Gasteiger partial charge in [0.05, 0.1) is 13.2 Å². The number of carbonyl (C=O) groups excluding carboxylic acids is 2. The van der Waals surface area contributed by atoms with Gasteiger partial charge in [-0.05, 0) is 82.6 Å². The van der Waals surface area contributed by atoms with Crippen LogP contribution in [0.4, 0.5) is 0 Å². The molecule has 2 saturated heterocycles. The summed E-state index contributed by atoms with van der Waals surface area (Å²) in [5.41, 5.74) is 2.61. The van der Waals surface area contributed by atoms with Crippen LogP contribution in [0, 0.1) is 0 Å². The lowest BCUT2D eigenvalue weighted by atomic mass is 10.1. The van der Waals surface area contributed by atoms with E-state index < -0.39 is 11.9 Å². The van der Waals surface area contributed by atoms with Gasteiger partial charge in [-0.2, -0.15) is 0 Å². The van der Waals surface area contributed by atoms with Crippen LogP contribution in [0.1, 0.15) is 24.0 Å². The fourth-order valence-electron chi connectivity index (χ4n) is 5.81. The van der Waals surface area contributed by atoms with E-state index in [-0.39, 0.29) is 12.2 Å². The van der Waals surface area contributed by atoms with E-state index >= 15 is 0 Å². The van der Waals surface area contributed by atoms with Crippen molar-refractivity contribution in [3.05, 3.63) is 82.6 Å². The highest BCUT2D eigenvalue weighted by Crippen LogP contribution is 2.23. The molecule has 6 rings (SSSR count). The lowest BCUT2D eigenvalue weighted by molar-refractivity contribution is -0.154. The molecule has 8 nitrogen and oxygen atoms in total. The highest BCUT2D eigenvalue weighted by molar-refractivity contribution is 7.17. The minimum atomic E-state index is -0.507. The number of hydrogen-bond acceptors (Lipinski definition) is 10. The van der Waals surface area contributed by atoms with Crippen LogP contribution >= 0.6 is 22.7 Å². The quantitative estimate of drug-likeness (QED) is 0.0761. The molecule has 0 spiro atoms. The third kappa shape index (κ3) is 9.70. The maximum atomic E-state index is 12.1. The third-order valence-corrected chi connectivity index (χ3v) is 10.2. The predicted octanol–water partition coefficient (Wildman–Crippen LogP) is 5.73. The lowest BCUT2D eigenvalue weighted by Gasteiger charge is -2.38. The molecule has 2 fully saturated rings. The number of ether oxygens (including phenoxy) is 4. The Bertz CT molecular complexity index is 1490. The van der Waals surface area contributed by atoms with Gasteiger partial charge in [0.2, 0.25) is 0 Å². The summed E-state index contributed by atoms with van der Waals surface area (Å²) in [7, 11) is 0. The first-order valence-corrected chi connectivity index (χ1v) is 17.9. The van der Waals surface area contributed by atoms with E-state index in [2.05, 4.69) is 69.1 Å². The number of esters is 2. The predicted molar refractivity (Wildman–Crippen MR) is 184 cm³/mol. The molecule has 2 aromatic carbocycles. The molecule has 4 heterocycles. The highest BCUT2D eigenvalue weighted by Gasteiger charge is 2.30. The van der Waals surface area contributed by atoms with Crippen LogP contribution in [0.2, 0.25) is 0 Å². The Morgan fingerprint density at radius 3 is 1.57 bits per heavy atom. The number of carbonyl (C=O) groups is 2. The molecular weight excluding hydrogens is 621 g/mol. The van der Waals surface area contributed by atoms with E-state index in [4.69, 9.17) is 18.9 Å². The largest absolute Gasteiger partial charge is 0.456 e. The third-order valence-electron chi connectivity index (χ3n) is 8.40. The molecule has 0 aliphatic carbocycles. The fourth-order valence-corrected chi connectivity index (χ4v) is 7.35. The molecule has 0 N–H and O–H groups in total. The van der Waals surface area contributed by atoms with Crippen molar-refractivity contribution in [1.82, 2.24) is 9.80 Å². The van der Waals surface area contributed by atoms with Crippen molar-refractivity contribution in [1.29, 1.82) is 0 Å². The van der Waals surface area contributed by atoms with E-state index in [1.54, 1.807) is 22.7 Å². The number of rotatable bonds is 18. The van der Waals surface area contributed by atoms with Crippen LogP contribution in [-0.2, 0) is 41.4 Å². The van der Waals surface area contributed by atoms with Gasteiger partial charge in [-0.25, -0.2) is 9.59 Å². The molecule has 46 heavy (non-hydrogen) atoms. The molecule has 0 unspecified atom stereocenters. The maximum absolute atomic E-state index is 12.1. The standard InChI is InChI=1S/C36H42N2O6S2/c39-35(43-31-23-37(24-31)13-1-15-41-17-9-27-3-5-33-29(21-27)11-19-45-33)7-8-36(40)44-32-25-38(26-32)14-2-16-42-18-10-28-4-6-34-30(22-28)12-20-46-34/h3-8,11-12,19-22,31-32H,1-2,9-10,13-18,23-26H2/b8-7-. The summed E-state index contributed by atoms with van der Waals surface area (Å²) in [5, 5.41) is 6.85. The Balaban J connectivity index is 0.729. The second-order valence-corrected chi connectivity index (χ2v) is 13.9. The summed E-state index contributed by atoms with van der Waals surface area (Å²) >= 11 is 3.53. The van der Waals surface area contributed by atoms with E-state index in [1.165, 1.54) is 43.5 Å². The van der Waals surface area contributed by atoms with Gasteiger partial charge in [-0.15, -0.1) is 22.7 Å². The summed E-state index contributed by atoms with van der Waals surface area (Å²) in [4.78, 5) is 28.7. The van der Waals surface area contributed by atoms with Crippen LogP contribution in [0.5, 0.6) is 0 Å². The molecule has 0 atom stereocenters. The summed E-state index contributed by atoms with van der Waals surface area (Å²) in [6.07, 6.45) is 5.77. The highest BCUT2D eigenvalue weighted by atomic mass is 32.1. The Morgan fingerprint density at radius 1 is 0.652 bits per heavy atom. The SMILES string of the molecule is O=C(/C=C\C(=O)OC1CN(CCCOCCc2ccc3sccc3c2)C1)OC1CN(CCCOCCc2ccc3sccc3c2)C1. The van der Waals surface area contributed by atoms with E-state index in [9.17, 15) is 9.59 Å². The minimum Gasteiger partial charge on any atom is -0.456 e. The van der Waals surface area contributed by atoms with Crippen molar-refractivity contribution < 1.29 is 28.5 Å². The number of benzene rings is 2. The molecule has 4 aromatic rings. The maximum Gasteiger partial charge on any atom is 0.331 e. The smallest absolute Gasteiger partial charge is 0.331 e. The van der Waals surface area contributed by atoms with Crippen molar-refractivity contribution in [2.45, 2.75) is 37.9 Å². The molecule has 10 heteroatoms. The van der Waals surface area contributed by atoms with E-state index in [0.29, 0.717) is 52.6 Å². The number of likely N-dealkylation sites (tertiary alicyclic amines) is 2. The van der Waals surface area contributed by atoms with Gasteiger partial charge in [0.15, 0.2) is 0 Å². The van der Waals surface area contributed by atoms with Crippen LogP contribution in [0.3, 0.4) is 0 Å². The minimum absolute atomic E-state index is 0.138. The van der Waals surface area contributed by atoms with Crippen LogP contribution < -0.4 is 0 Å². The normalized spacial score (nSPS) is 16.3. The van der Waals surface area contributed by atoms with Crippen LogP contribution in [0.25, 0.3) is 20.2 Å². The fraction of sp³-hybridized carbons (Fsp3) is 0.444. The first kappa shape index (κ1) is 32.8. The van der Waals surface area contributed by atoms with Crippen LogP contribution in [-0.4, -0.2) is 99.6 Å². The molecule has 0 bridgehead atoms. The monoisotopic (exact) mass is 662 g/mol. The van der Waals surface area contributed by atoms with Crippen molar-refractivity contribution >= 4 is 54.8 Å². The number of hydrogen-bond donors (Lipinski definition) is 0. The zero-order chi connectivity index (χ0) is 31.6. The molecule has 244 valence electrons. The van der Waals surface area contributed by atoms with Crippen molar-refractivity contribution in [2.75, 3.05) is 65.7 Å². The second-order valence-electron chi connectivity index (χ2n) is 12.0. The van der Waals surface area contributed by atoms with Gasteiger partial charge in [-0.3, -0.25) is 9.80 Å². The van der Waals surface area contributed by atoms with Gasteiger partial charge in [0.25, 0.3) is 0 Å². The van der Waals surface area contributed by atoms with Crippen molar-refractivity contribution in [2.24, 2.45) is 0 Å². The number of fused-ring (bicyclic) bond motifs is 2. The van der Waals surface area contributed by atoms with E-state index in [1.807, 2.05) is 0 Å². The van der Waals surface area contributed by atoms with Crippen molar-refractivity contribution in [3.8, 4) is 0 Å². The van der Waals surface area contributed by atoms with Crippen LogP contribution in [0.15, 0.2) is 71.4 Å². The van der Waals surface area contributed by atoms with Gasteiger partial charge >= 0.3 is 11.9 Å². The average Bonchev–Trinajstić information content (AvgIpc) is 3.69. The van der Waals surface area contributed by atoms with Crippen molar-refractivity contribution in [3.63, 3.8) is 0 Å². The average molecular weight is 663 g/mol. The Labute approximate surface area is 278 Å². The molecule has 0 amide bonds. The van der Waals surface area contributed by atoms with Gasteiger partial charge in [0, 0.05) is 74.0 Å². The zero-order valence-corrected chi connectivity index (χ0v) is 27.8. The molecule has 0 radical (unpaired) electrons. The van der Waals surface area contributed by atoms with Gasteiger partial charge in [0.1, 0.15) is 12.2 Å². The zero-order valence-electron chi connectivity index (χ0n) is 26.1.